The lowest BCUT2D eigenvalue weighted by Crippen LogP contribution is -2.25. The van der Waals surface area contributed by atoms with Crippen molar-refractivity contribution in [3.8, 4) is 0 Å². The lowest BCUT2D eigenvalue weighted by atomic mass is 9.84. The van der Waals surface area contributed by atoms with E-state index < -0.39 is 80.9 Å². The second kappa shape index (κ2) is 12.8. The molecule has 0 radical (unpaired) electrons. The predicted molar refractivity (Wildman–Crippen MR) is 185 cm³/mol. The highest BCUT2D eigenvalue weighted by Crippen LogP contribution is 2.42. The molecule has 4 aromatic carbocycles. The van der Waals surface area contributed by atoms with Crippen LogP contribution in [-0.2, 0) is 21.9 Å². The zero-order valence-electron chi connectivity index (χ0n) is 27.0. The maximum atomic E-state index is 14.1. The number of carbonyl (C=O) groups excluding carboxylic acids is 4. The number of aromatic amines is 2. The topological polar surface area (TPSA) is 164 Å². The van der Waals surface area contributed by atoms with Gasteiger partial charge in [-0.3, -0.25) is 19.2 Å². The summed E-state index contributed by atoms with van der Waals surface area (Å²) in [4.78, 5) is 60.9. The molecule has 0 aliphatic heterocycles. The van der Waals surface area contributed by atoms with Crippen LogP contribution in [0.1, 0.15) is 43.2 Å². The van der Waals surface area contributed by atoms with Crippen molar-refractivity contribution in [2.45, 2.75) is 12.4 Å². The van der Waals surface area contributed by atoms with Gasteiger partial charge >= 0.3 is 12.4 Å². The largest absolute Gasteiger partial charge is 0.504 e. The molecule has 54 heavy (non-hydrogen) atoms. The average Bonchev–Trinajstić information content (AvgIpc) is 3.70. The number of aromatic nitrogens is 2. The molecule has 0 fully saturated rings. The Hall–Kier alpha value is -7.10. The van der Waals surface area contributed by atoms with Crippen molar-refractivity contribution in [3.63, 3.8) is 0 Å². The molecule has 0 spiro atoms. The third kappa shape index (κ3) is 6.12. The molecule has 1 aliphatic carbocycles. The van der Waals surface area contributed by atoms with Crippen LogP contribution in [0.25, 0.3) is 33.0 Å². The number of aliphatic hydroxyl groups is 2. The van der Waals surface area contributed by atoms with E-state index in [4.69, 9.17) is 0 Å². The highest BCUT2D eigenvalue weighted by molar-refractivity contribution is 6.49. The number of rotatable bonds is 6. The van der Waals surface area contributed by atoms with Gasteiger partial charge in [0.1, 0.15) is 11.4 Å². The number of hydrogen-bond acceptors (Lipinski definition) is 6. The number of halogens is 6. The Morgan fingerprint density at radius 1 is 0.519 bits per heavy atom. The number of carbonyl (C=O) groups is 4. The summed E-state index contributed by atoms with van der Waals surface area (Å²) in [5, 5.41) is 28.1. The number of para-hydroxylation sites is 2. The summed E-state index contributed by atoms with van der Waals surface area (Å²) in [6.45, 7) is 0. The zero-order valence-corrected chi connectivity index (χ0v) is 27.0. The summed E-state index contributed by atoms with van der Waals surface area (Å²) in [7, 11) is 0. The molecule has 1 aliphatic rings. The molecule has 0 atom stereocenters. The van der Waals surface area contributed by atoms with E-state index >= 15 is 0 Å². The van der Waals surface area contributed by atoms with Crippen LogP contribution in [0.3, 0.4) is 0 Å². The third-order valence-electron chi connectivity index (χ3n) is 8.66. The number of alkyl halides is 6. The smallest absolute Gasteiger partial charge is 0.416 e. The first-order valence-corrected chi connectivity index (χ1v) is 15.7. The van der Waals surface area contributed by atoms with Crippen LogP contribution in [0.5, 0.6) is 0 Å². The molecule has 7 rings (SSSR count). The SMILES string of the molecule is O=C1C(O)=C(c2c(C(=O)Nc3ccc(C(F)(F)F)cc3)[nH]c3ccccc23)C(=O)C(O)=C1c1c(C(=O)Nc2ccc(C(F)(F)F)cc2)[nH]c2ccccc12. The van der Waals surface area contributed by atoms with E-state index in [1.54, 1.807) is 12.1 Å². The van der Waals surface area contributed by atoms with Crippen LogP contribution in [0.4, 0.5) is 37.7 Å². The Labute approximate surface area is 298 Å². The molecule has 6 N–H and O–H groups in total. The number of allylic oxidation sites excluding steroid dienone is 2. The van der Waals surface area contributed by atoms with Gasteiger partial charge in [0.15, 0.2) is 11.5 Å². The van der Waals surface area contributed by atoms with Gasteiger partial charge in [0.25, 0.3) is 11.8 Å². The van der Waals surface area contributed by atoms with Gasteiger partial charge in [-0.25, -0.2) is 0 Å². The number of fused-ring (bicyclic) bond motifs is 2. The van der Waals surface area contributed by atoms with Crippen LogP contribution < -0.4 is 10.6 Å². The van der Waals surface area contributed by atoms with Crippen molar-refractivity contribution in [1.29, 1.82) is 0 Å². The van der Waals surface area contributed by atoms with Crippen molar-refractivity contribution in [2.75, 3.05) is 10.6 Å². The van der Waals surface area contributed by atoms with E-state index in [0.29, 0.717) is 0 Å². The maximum Gasteiger partial charge on any atom is 0.416 e. The van der Waals surface area contributed by atoms with Gasteiger partial charge in [-0.1, -0.05) is 36.4 Å². The molecular formula is C38H22F6N4O6. The molecule has 16 heteroatoms. The Bertz CT molecular complexity index is 2430. The van der Waals surface area contributed by atoms with Crippen molar-refractivity contribution in [3.05, 3.63) is 142 Å². The summed E-state index contributed by atoms with van der Waals surface area (Å²) < 4.78 is 78.6. The van der Waals surface area contributed by atoms with Crippen LogP contribution in [0.2, 0.25) is 0 Å². The van der Waals surface area contributed by atoms with Crippen molar-refractivity contribution < 1.29 is 55.7 Å². The van der Waals surface area contributed by atoms with E-state index in [1.165, 1.54) is 36.4 Å². The number of nitrogens with one attached hydrogen (secondary N) is 4. The first-order valence-electron chi connectivity index (χ1n) is 15.7. The van der Waals surface area contributed by atoms with Gasteiger partial charge in [-0.2, -0.15) is 26.3 Å². The molecule has 2 aromatic heterocycles. The fourth-order valence-corrected chi connectivity index (χ4v) is 6.16. The van der Waals surface area contributed by atoms with Crippen molar-refractivity contribution in [1.82, 2.24) is 9.97 Å². The maximum absolute atomic E-state index is 14.1. The van der Waals surface area contributed by atoms with Crippen LogP contribution in [0.15, 0.2) is 109 Å². The molecule has 272 valence electrons. The first kappa shape index (κ1) is 35.3. The highest BCUT2D eigenvalue weighted by atomic mass is 19.4. The van der Waals surface area contributed by atoms with Crippen LogP contribution >= 0.6 is 0 Å². The molecule has 0 saturated carbocycles. The Morgan fingerprint density at radius 2 is 0.852 bits per heavy atom. The molecular weight excluding hydrogens is 722 g/mol. The van der Waals surface area contributed by atoms with E-state index in [0.717, 1.165) is 48.5 Å². The Morgan fingerprint density at radius 3 is 1.19 bits per heavy atom. The van der Waals surface area contributed by atoms with E-state index in [9.17, 15) is 55.7 Å². The number of Topliss-reactive ketones (excluding diaryl/α,β-unsaturated/α-hetero) is 2. The molecule has 6 aromatic rings. The minimum Gasteiger partial charge on any atom is -0.504 e. The zero-order chi connectivity index (χ0) is 38.7. The average molecular weight is 745 g/mol. The van der Waals surface area contributed by atoms with Gasteiger partial charge in [0.2, 0.25) is 11.6 Å². The monoisotopic (exact) mass is 744 g/mol. The lowest BCUT2D eigenvalue weighted by Gasteiger charge is -2.19. The number of H-pyrrole nitrogens is 2. The quantitative estimate of drug-likeness (QED) is 0.0739. The standard InChI is InChI=1S/C38H22F6N4O6/c39-37(40,41)17-9-13-19(14-10-17)45-35(53)29-25(21-5-1-3-7-23(21)47-29)27-31(49)33(51)28(34(52)32(27)50)26-22-6-2-4-8-24(22)48-30(26)36(54)46-20-15-11-18(12-16-20)38(42,43)44/h1-16,47-49,52H,(H,45,53)(H,46,54). The summed E-state index contributed by atoms with van der Waals surface area (Å²) in [6, 6.07) is 19.1. The Balaban J connectivity index is 1.30. The summed E-state index contributed by atoms with van der Waals surface area (Å²) in [5.74, 6) is -7.02. The van der Waals surface area contributed by atoms with Crippen LogP contribution in [-0.4, -0.2) is 43.6 Å². The molecule has 0 saturated heterocycles. The van der Waals surface area contributed by atoms with E-state index in [-0.39, 0.29) is 44.3 Å². The number of hydrogen-bond donors (Lipinski definition) is 6. The number of anilines is 2. The molecule has 2 heterocycles. The van der Waals surface area contributed by atoms with Crippen LogP contribution in [0, 0.1) is 0 Å². The van der Waals surface area contributed by atoms with Gasteiger partial charge in [0, 0.05) is 44.3 Å². The normalized spacial score (nSPS) is 14.0. The minimum absolute atomic E-state index is 0.0617. The highest BCUT2D eigenvalue weighted by Gasteiger charge is 2.41. The van der Waals surface area contributed by atoms with E-state index in [1.807, 2.05) is 0 Å². The van der Waals surface area contributed by atoms with Crippen molar-refractivity contribution in [2.24, 2.45) is 0 Å². The summed E-state index contributed by atoms with van der Waals surface area (Å²) >= 11 is 0. The van der Waals surface area contributed by atoms with Gasteiger partial charge in [-0.05, 0) is 60.7 Å². The number of benzene rings is 4. The summed E-state index contributed by atoms with van der Waals surface area (Å²) in [6.07, 6.45) is -9.27. The fraction of sp³-hybridized carbons (Fsp3) is 0.0526. The number of ketones is 2. The lowest BCUT2D eigenvalue weighted by molar-refractivity contribution is -0.138. The minimum atomic E-state index is -4.64. The molecule has 0 unspecified atom stereocenters. The van der Waals surface area contributed by atoms with Gasteiger partial charge < -0.3 is 30.8 Å². The second-order valence-corrected chi connectivity index (χ2v) is 12.0. The molecule has 0 bridgehead atoms. The molecule has 2 amide bonds. The predicted octanol–water partition coefficient (Wildman–Crippen LogP) is 8.58. The van der Waals surface area contributed by atoms with Gasteiger partial charge in [-0.15, -0.1) is 0 Å². The summed E-state index contributed by atoms with van der Waals surface area (Å²) in [5.41, 5.74) is -4.54. The second-order valence-electron chi connectivity index (χ2n) is 12.0. The van der Waals surface area contributed by atoms with E-state index in [2.05, 4.69) is 20.6 Å². The third-order valence-corrected chi connectivity index (χ3v) is 8.66. The van der Waals surface area contributed by atoms with Crippen molar-refractivity contribution >= 4 is 67.7 Å². The fourth-order valence-electron chi connectivity index (χ4n) is 6.16. The number of amides is 2. The van der Waals surface area contributed by atoms with Gasteiger partial charge in [0.05, 0.1) is 22.3 Å². The first-order chi connectivity index (χ1) is 25.5. The number of aliphatic hydroxyl groups excluding tert-OH is 2. The Kier molecular flexibility index (Phi) is 8.39. The molecule has 10 nitrogen and oxygen atoms in total.